The second-order valence-corrected chi connectivity index (χ2v) is 8.98. The summed E-state index contributed by atoms with van der Waals surface area (Å²) in [6.45, 7) is 4.40. The van der Waals surface area contributed by atoms with Crippen LogP contribution in [0.15, 0.2) is 36.4 Å². The first-order valence-corrected chi connectivity index (χ1v) is 12.5. The molecule has 2 heterocycles. The number of ether oxygens (including phenoxy) is 2. The number of thioether (sulfide) groups is 1. The van der Waals surface area contributed by atoms with E-state index in [0.717, 1.165) is 37.2 Å². The van der Waals surface area contributed by atoms with Gasteiger partial charge in [0.05, 0.1) is 30.9 Å². The zero-order valence-electron chi connectivity index (χ0n) is 18.9. The summed E-state index contributed by atoms with van der Waals surface area (Å²) in [6, 6.07) is 10.9. The minimum atomic E-state index is -0.388. The number of anilines is 1. The van der Waals surface area contributed by atoms with Gasteiger partial charge in [0, 0.05) is 24.5 Å². The normalized spacial score (nSPS) is 16.8. The lowest BCUT2D eigenvalue weighted by molar-refractivity contribution is 0.0598. The zero-order valence-corrected chi connectivity index (χ0v) is 19.7. The standard InChI is InChI=1S/C25H30N2O4S/c1-4-31-23-14-17(8-11-22(23)30-2)21(16-32-3)27-24(28)19-10-9-18(15-20(19)25(27)29)26-12-6-5-7-13-26/h8-11,14-15,21H,4-7,12-13,16H2,1-3H3. The highest BCUT2D eigenvalue weighted by atomic mass is 32.2. The quantitative estimate of drug-likeness (QED) is 0.535. The van der Waals surface area contributed by atoms with Crippen molar-refractivity contribution in [1.29, 1.82) is 0 Å². The van der Waals surface area contributed by atoms with Crippen LogP contribution in [-0.4, -0.2) is 55.5 Å². The first-order chi connectivity index (χ1) is 15.6. The second-order valence-electron chi connectivity index (χ2n) is 8.07. The fourth-order valence-corrected chi connectivity index (χ4v) is 5.18. The number of imide groups is 1. The molecule has 1 unspecified atom stereocenters. The number of rotatable bonds is 8. The molecule has 1 fully saturated rings. The molecule has 0 N–H and O–H groups in total. The van der Waals surface area contributed by atoms with Crippen LogP contribution < -0.4 is 14.4 Å². The number of benzene rings is 2. The van der Waals surface area contributed by atoms with Crippen LogP contribution in [-0.2, 0) is 0 Å². The highest BCUT2D eigenvalue weighted by Crippen LogP contribution is 2.38. The van der Waals surface area contributed by atoms with E-state index in [1.807, 2.05) is 49.6 Å². The second kappa shape index (κ2) is 9.86. The first-order valence-electron chi connectivity index (χ1n) is 11.2. The molecule has 7 heteroatoms. The van der Waals surface area contributed by atoms with Crippen molar-refractivity contribution >= 4 is 29.3 Å². The van der Waals surface area contributed by atoms with Crippen LogP contribution >= 0.6 is 11.8 Å². The van der Waals surface area contributed by atoms with Crippen molar-refractivity contribution in [2.45, 2.75) is 32.2 Å². The molecule has 1 atom stereocenters. The summed E-state index contributed by atoms with van der Waals surface area (Å²) in [5.74, 6) is 1.39. The van der Waals surface area contributed by atoms with Crippen LogP contribution in [0, 0.1) is 0 Å². The summed E-state index contributed by atoms with van der Waals surface area (Å²) >= 11 is 1.60. The Morgan fingerprint density at radius 3 is 2.41 bits per heavy atom. The van der Waals surface area contributed by atoms with Crippen LogP contribution in [0.3, 0.4) is 0 Å². The first kappa shape index (κ1) is 22.5. The largest absolute Gasteiger partial charge is 0.493 e. The van der Waals surface area contributed by atoms with Gasteiger partial charge in [0.1, 0.15) is 0 Å². The highest BCUT2D eigenvalue weighted by Gasteiger charge is 2.41. The molecule has 2 aromatic carbocycles. The highest BCUT2D eigenvalue weighted by molar-refractivity contribution is 7.98. The van der Waals surface area contributed by atoms with Crippen LogP contribution in [0.25, 0.3) is 0 Å². The van der Waals surface area contributed by atoms with E-state index in [4.69, 9.17) is 9.47 Å². The van der Waals surface area contributed by atoms with Gasteiger partial charge in [0.15, 0.2) is 11.5 Å². The van der Waals surface area contributed by atoms with Gasteiger partial charge >= 0.3 is 0 Å². The minimum absolute atomic E-state index is 0.225. The van der Waals surface area contributed by atoms with Gasteiger partial charge in [-0.2, -0.15) is 11.8 Å². The van der Waals surface area contributed by atoms with Gasteiger partial charge in [-0.1, -0.05) is 6.07 Å². The van der Waals surface area contributed by atoms with Crippen molar-refractivity contribution in [3.8, 4) is 11.5 Å². The van der Waals surface area contributed by atoms with E-state index in [2.05, 4.69) is 4.90 Å². The molecule has 0 aliphatic carbocycles. The Hall–Kier alpha value is -2.67. The number of carbonyl (C=O) groups is 2. The molecule has 6 nitrogen and oxygen atoms in total. The molecule has 2 aromatic rings. The van der Waals surface area contributed by atoms with Crippen LogP contribution in [0.1, 0.15) is 58.5 Å². The average Bonchev–Trinajstić information content (AvgIpc) is 3.07. The smallest absolute Gasteiger partial charge is 0.262 e. The van der Waals surface area contributed by atoms with Gasteiger partial charge in [0.2, 0.25) is 0 Å². The van der Waals surface area contributed by atoms with Crippen LogP contribution in [0.5, 0.6) is 11.5 Å². The number of piperidine rings is 1. The van der Waals surface area contributed by atoms with Crippen molar-refractivity contribution in [3.05, 3.63) is 53.1 Å². The summed E-state index contributed by atoms with van der Waals surface area (Å²) in [6.07, 6.45) is 5.54. The minimum Gasteiger partial charge on any atom is -0.493 e. The molecule has 4 rings (SSSR count). The van der Waals surface area contributed by atoms with Gasteiger partial charge in [0.25, 0.3) is 11.8 Å². The number of hydrogen-bond acceptors (Lipinski definition) is 6. The van der Waals surface area contributed by atoms with E-state index in [9.17, 15) is 9.59 Å². The average molecular weight is 455 g/mol. The summed E-state index contributed by atoms with van der Waals surface area (Å²) in [7, 11) is 1.60. The number of methoxy groups -OCH3 is 1. The number of carbonyl (C=O) groups excluding carboxylic acids is 2. The van der Waals surface area contributed by atoms with Crippen molar-refractivity contribution in [1.82, 2.24) is 4.90 Å². The van der Waals surface area contributed by atoms with Crippen LogP contribution in [0.4, 0.5) is 5.69 Å². The third kappa shape index (κ3) is 4.18. The van der Waals surface area contributed by atoms with Crippen molar-refractivity contribution in [2.75, 3.05) is 43.7 Å². The van der Waals surface area contributed by atoms with Gasteiger partial charge in [-0.05, 0) is 68.3 Å². The molecular weight excluding hydrogens is 424 g/mol. The Kier molecular flexibility index (Phi) is 6.94. The van der Waals surface area contributed by atoms with E-state index in [1.165, 1.54) is 11.3 Å². The van der Waals surface area contributed by atoms with Gasteiger partial charge in [-0.3, -0.25) is 14.5 Å². The van der Waals surface area contributed by atoms with E-state index in [0.29, 0.717) is 35.0 Å². The molecule has 2 amide bonds. The van der Waals surface area contributed by atoms with E-state index >= 15 is 0 Å². The topological polar surface area (TPSA) is 59.1 Å². The van der Waals surface area contributed by atoms with Crippen molar-refractivity contribution < 1.29 is 19.1 Å². The van der Waals surface area contributed by atoms with E-state index in [-0.39, 0.29) is 17.9 Å². The number of fused-ring (bicyclic) bond motifs is 1. The molecule has 0 aromatic heterocycles. The maximum Gasteiger partial charge on any atom is 0.262 e. The van der Waals surface area contributed by atoms with Gasteiger partial charge in [-0.15, -0.1) is 0 Å². The molecule has 2 aliphatic rings. The SMILES string of the molecule is CCOc1cc(C(CSC)N2C(=O)c3ccc(N4CCCCC4)cc3C2=O)ccc1OC. The predicted molar refractivity (Wildman–Crippen MR) is 128 cm³/mol. The summed E-state index contributed by atoms with van der Waals surface area (Å²) in [5, 5.41) is 0. The van der Waals surface area contributed by atoms with Crippen molar-refractivity contribution in [2.24, 2.45) is 0 Å². The summed E-state index contributed by atoms with van der Waals surface area (Å²) < 4.78 is 11.1. The van der Waals surface area contributed by atoms with E-state index in [1.54, 1.807) is 18.9 Å². The molecule has 2 aliphatic heterocycles. The predicted octanol–water partition coefficient (Wildman–Crippen LogP) is 4.78. The molecule has 0 spiro atoms. The molecule has 0 saturated carbocycles. The van der Waals surface area contributed by atoms with Crippen LogP contribution in [0.2, 0.25) is 0 Å². The fraction of sp³-hybridized carbons (Fsp3) is 0.440. The van der Waals surface area contributed by atoms with E-state index < -0.39 is 0 Å². The Balaban J connectivity index is 1.68. The van der Waals surface area contributed by atoms with Gasteiger partial charge < -0.3 is 14.4 Å². The summed E-state index contributed by atoms with van der Waals surface area (Å²) in [4.78, 5) is 30.6. The summed E-state index contributed by atoms with van der Waals surface area (Å²) in [5.41, 5.74) is 2.87. The number of amides is 2. The molecule has 32 heavy (non-hydrogen) atoms. The third-order valence-electron chi connectivity index (χ3n) is 6.13. The molecule has 1 saturated heterocycles. The lowest BCUT2D eigenvalue weighted by Crippen LogP contribution is -2.35. The zero-order chi connectivity index (χ0) is 22.7. The molecule has 0 bridgehead atoms. The molecule has 170 valence electrons. The lowest BCUT2D eigenvalue weighted by atomic mass is 10.1. The maximum atomic E-state index is 13.5. The Morgan fingerprint density at radius 2 is 1.72 bits per heavy atom. The fourth-order valence-electron chi connectivity index (χ4n) is 4.53. The Labute approximate surface area is 193 Å². The van der Waals surface area contributed by atoms with Gasteiger partial charge in [-0.25, -0.2) is 0 Å². The Bertz CT molecular complexity index is 1000. The van der Waals surface area contributed by atoms with Crippen molar-refractivity contribution in [3.63, 3.8) is 0 Å². The third-order valence-corrected chi connectivity index (χ3v) is 6.78. The number of nitrogens with zero attached hydrogens (tertiary/aromatic N) is 2. The number of hydrogen-bond donors (Lipinski definition) is 0. The molecule has 0 radical (unpaired) electrons. The lowest BCUT2D eigenvalue weighted by Gasteiger charge is -2.29. The molecular formula is C25H30N2O4S. The monoisotopic (exact) mass is 454 g/mol. The Morgan fingerprint density at radius 1 is 0.969 bits per heavy atom. The maximum absolute atomic E-state index is 13.5.